The van der Waals surface area contributed by atoms with Crippen LogP contribution >= 0.6 is 23.4 Å². The number of thioether (sulfide) groups is 1. The van der Waals surface area contributed by atoms with Crippen LogP contribution in [0.15, 0.2) is 18.2 Å². The predicted octanol–water partition coefficient (Wildman–Crippen LogP) is 2.91. The van der Waals surface area contributed by atoms with E-state index in [1.54, 1.807) is 24.8 Å². The van der Waals surface area contributed by atoms with Gasteiger partial charge in [0.1, 0.15) is 11.4 Å². The molecule has 110 valence electrons. The molecule has 1 atom stereocenters. The Kier molecular flexibility index (Phi) is 4.94. The predicted molar refractivity (Wildman–Crippen MR) is 79.5 cm³/mol. The highest BCUT2D eigenvalue weighted by Gasteiger charge is 2.38. The van der Waals surface area contributed by atoms with Gasteiger partial charge in [-0.15, -0.1) is 0 Å². The van der Waals surface area contributed by atoms with Crippen LogP contribution in [0.5, 0.6) is 0 Å². The van der Waals surface area contributed by atoms with Crippen molar-refractivity contribution in [3.8, 4) is 0 Å². The highest BCUT2D eigenvalue weighted by Crippen LogP contribution is 2.29. The van der Waals surface area contributed by atoms with Gasteiger partial charge in [-0.05, 0) is 43.4 Å². The summed E-state index contributed by atoms with van der Waals surface area (Å²) >= 11 is 7.68. The molecule has 2 rings (SSSR count). The number of carbonyl (C=O) groups is 1. The summed E-state index contributed by atoms with van der Waals surface area (Å²) in [5, 5.41) is 13.3. The fraction of sp³-hybridized carbons (Fsp3) is 0.500. The average Bonchev–Trinajstić information content (AvgIpc) is 2.39. The van der Waals surface area contributed by atoms with E-state index >= 15 is 0 Å². The first-order valence-corrected chi connectivity index (χ1v) is 8.02. The standard InChI is InChI=1S/C14H17ClFNO2S/c1-9(12-10(15)3-2-4-11(12)16)17-13(18)14(19)5-7-20-8-6-14/h2-4,9,19H,5-8H2,1H3,(H,17,18). The third kappa shape index (κ3) is 3.27. The SMILES string of the molecule is CC(NC(=O)C1(O)CCSCC1)c1c(F)cccc1Cl. The van der Waals surface area contributed by atoms with E-state index in [1.807, 2.05) is 0 Å². The summed E-state index contributed by atoms with van der Waals surface area (Å²) in [5.41, 5.74) is -1.10. The molecule has 0 saturated carbocycles. The van der Waals surface area contributed by atoms with Crippen LogP contribution < -0.4 is 5.32 Å². The van der Waals surface area contributed by atoms with Gasteiger partial charge >= 0.3 is 0 Å². The molecule has 2 N–H and O–H groups in total. The van der Waals surface area contributed by atoms with Crippen molar-refractivity contribution in [3.63, 3.8) is 0 Å². The summed E-state index contributed by atoms with van der Waals surface area (Å²) in [4.78, 5) is 12.2. The summed E-state index contributed by atoms with van der Waals surface area (Å²) in [6.07, 6.45) is 0.836. The fourth-order valence-electron chi connectivity index (χ4n) is 2.26. The van der Waals surface area contributed by atoms with Gasteiger partial charge in [0.25, 0.3) is 5.91 Å². The monoisotopic (exact) mass is 317 g/mol. The zero-order chi connectivity index (χ0) is 14.8. The van der Waals surface area contributed by atoms with Crippen LogP contribution in [0.1, 0.15) is 31.4 Å². The number of rotatable bonds is 3. The summed E-state index contributed by atoms with van der Waals surface area (Å²) in [6.45, 7) is 1.66. The summed E-state index contributed by atoms with van der Waals surface area (Å²) in [6, 6.07) is 3.81. The Morgan fingerprint density at radius 3 is 2.75 bits per heavy atom. The zero-order valence-corrected chi connectivity index (χ0v) is 12.7. The smallest absolute Gasteiger partial charge is 0.252 e. The number of hydrogen-bond donors (Lipinski definition) is 2. The lowest BCUT2D eigenvalue weighted by atomic mass is 9.95. The lowest BCUT2D eigenvalue weighted by Crippen LogP contribution is -2.49. The molecule has 0 bridgehead atoms. The van der Waals surface area contributed by atoms with Crippen LogP contribution in [0.2, 0.25) is 5.02 Å². The highest BCUT2D eigenvalue weighted by molar-refractivity contribution is 7.99. The molecule has 1 saturated heterocycles. The van der Waals surface area contributed by atoms with Crippen molar-refractivity contribution in [1.29, 1.82) is 0 Å². The summed E-state index contributed by atoms with van der Waals surface area (Å²) in [7, 11) is 0. The van der Waals surface area contributed by atoms with E-state index in [-0.39, 0.29) is 10.6 Å². The van der Waals surface area contributed by atoms with E-state index < -0.39 is 23.4 Å². The van der Waals surface area contributed by atoms with Crippen molar-refractivity contribution in [2.45, 2.75) is 31.4 Å². The normalized spacial score (nSPS) is 19.4. The van der Waals surface area contributed by atoms with Gasteiger partial charge in [0, 0.05) is 10.6 Å². The molecular weight excluding hydrogens is 301 g/mol. The minimum absolute atomic E-state index is 0.247. The van der Waals surface area contributed by atoms with Crippen LogP contribution in [0.25, 0.3) is 0 Å². The largest absolute Gasteiger partial charge is 0.380 e. The van der Waals surface area contributed by atoms with E-state index in [2.05, 4.69) is 5.32 Å². The first-order chi connectivity index (χ1) is 9.44. The van der Waals surface area contributed by atoms with Gasteiger partial charge in [-0.2, -0.15) is 11.8 Å². The highest BCUT2D eigenvalue weighted by atomic mass is 35.5. The van der Waals surface area contributed by atoms with Crippen molar-refractivity contribution in [2.24, 2.45) is 0 Å². The second-order valence-corrected chi connectivity index (χ2v) is 6.61. The Hall–Kier alpha value is -0.780. The second-order valence-electron chi connectivity index (χ2n) is 4.97. The van der Waals surface area contributed by atoms with Gasteiger partial charge in [0.2, 0.25) is 0 Å². The van der Waals surface area contributed by atoms with Crippen LogP contribution in [0, 0.1) is 5.82 Å². The summed E-state index contributed by atoms with van der Waals surface area (Å²) in [5.74, 6) is 0.582. The van der Waals surface area contributed by atoms with E-state index in [0.29, 0.717) is 12.8 Å². The maximum Gasteiger partial charge on any atom is 0.252 e. The number of hydrogen-bond acceptors (Lipinski definition) is 3. The number of halogens is 2. The summed E-state index contributed by atoms with van der Waals surface area (Å²) < 4.78 is 13.8. The van der Waals surface area contributed by atoms with Gasteiger partial charge in [0.05, 0.1) is 6.04 Å². The average molecular weight is 318 g/mol. The second kappa shape index (κ2) is 6.33. The molecule has 6 heteroatoms. The maximum atomic E-state index is 13.8. The lowest BCUT2D eigenvalue weighted by molar-refractivity contribution is -0.141. The molecule has 1 aliphatic rings. The van der Waals surface area contributed by atoms with Gasteiger partial charge in [-0.3, -0.25) is 4.79 Å². The van der Waals surface area contributed by atoms with E-state index in [9.17, 15) is 14.3 Å². The van der Waals surface area contributed by atoms with Crippen molar-refractivity contribution in [1.82, 2.24) is 5.32 Å². The van der Waals surface area contributed by atoms with Gasteiger partial charge in [-0.25, -0.2) is 4.39 Å². The Balaban J connectivity index is 2.11. The van der Waals surface area contributed by atoms with Gasteiger partial charge in [0.15, 0.2) is 0 Å². The molecule has 0 radical (unpaired) electrons. The Labute approximate surface area is 126 Å². The van der Waals surface area contributed by atoms with Crippen molar-refractivity contribution in [2.75, 3.05) is 11.5 Å². The number of aliphatic hydroxyl groups is 1. The van der Waals surface area contributed by atoms with E-state index in [4.69, 9.17) is 11.6 Å². The number of benzene rings is 1. The van der Waals surface area contributed by atoms with Gasteiger partial charge in [-0.1, -0.05) is 17.7 Å². The van der Waals surface area contributed by atoms with Crippen molar-refractivity contribution in [3.05, 3.63) is 34.6 Å². The minimum atomic E-state index is -1.35. The molecule has 0 spiro atoms. The molecule has 1 heterocycles. The molecule has 1 amide bonds. The van der Waals surface area contributed by atoms with E-state index in [0.717, 1.165) is 11.5 Å². The molecule has 1 aromatic carbocycles. The van der Waals surface area contributed by atoms with E-state index in [1.165, 1.54) is 12.1 Å². The topological polar surface area (TPSA) is 49.3 Å². The fourth-order valence-corrected chi connectivity index (χ4v) is 3.76. The first-order valence-electron chi connectivity index (χ1n) is 6.49. The molecule has 1 aromatic rings. The van der Waals surface area contributed by atoms with Gasteiger partial charge < -0.3 is 10.4 Å². The Bertz CT molecular complexity index is 486. The Morgan fingerprint density at radius 1 is 1.50 bits per heavy atom. The third-order valence-electron chi connectivity index (χ3n) is 3.52. The third-order valence-corrected chi connectivity index (χ3v) is 4.84. The van der Waals surface area contributed by atoms with Crippen LogP contribution in [-0.4, -0.2) is 28.1 Å². The molecular formula is C14H17ClFNO2S. The molecule has 3 nitrogen and oxygen atoms in total. The number of carbonyl (C=O) groups excluding carboxylic acids is 1. The van der Waals surface area contributed by atoms with Crippen molar-refractivity contribution >= 4 is 29.3 Å². The quantitative estimate of drug-likeness (QED) is 0.901. The molecule has 1 unspecified atom stereocenters. The first kappa shape index (κ1) is 15.6. The van der Waals surface area contributed by atoms with Crippen LogP contribution in [0.3, 0.4) is 0 Å². The van der Waals surface area contributed by atoms with Crippen LogP contribution in [-0.2, 0) is 4.79 Å². The molecule has 0 aromatic heterocycles. The molecule has 20 heavy (non-hydrogen) atoms. The number of nitrogens with one attached hydrogen (secondary N) is 1. The zero-order valence-electron chi connectivity index (χ0n) is 11.2. The van der Waals surface area contributed by atoms with Crippen LogP contribution in [0.4, 0.5) is 4.39 Å². The maximum absolute atomic E-state index is 13.8. The molecule has 0 aliphatic carbocycles. The molecule has 1 fully saturated rings. The minimum Gasteiger partial charge on any atom is -0.380 e. The number of amides is 1. The molecule has 1 aliphatic heterocycles. The lowest BCUT2D eigenvalue weighted by Gasteiger charge is -2.31. The van der Waals surface area contributed by atoms with Crippen molar-refractivity contribution < 1.29 is 14.3 Å². The Morgan fingerprint density at radius 2 is 2.15 bits per heavy atom.